The van der Waals surface area contributed by atoms with Crippen LogP contribution in [0.25, 0.3) is 0 Å². The number of hydrogen-bond acceptors (Lipinski definition) is 3. The van der Waals surface area contributed by atoms with E-state index >= 15 is 0 Å². The summed E-state index contributed by atoms with van der Waals surface area (Å²) in [6.45, 7) is 3.96. The van der Waals surface area contributed by atoms with E-state index < -0.39 is 0 Å². The highest BCUT2D eigenvalue weighted by atomic mass is 16.2. The maximum Gasteiger partial charge on any atom is 0.243 e. The zero-order valence-corrected chi connectivity index (χ0v) is 12.1. The molecule has 0 saturated carbocycles. The highest BCUT2D eigenvalue weighted by Crippen LogP contribution is 2.36. The molecule has 3 heterocycles. The average Bonchev–Trinajstić information content (AvgIpc) is 3.17. The largest absolute Gasteiger partial charge is 0.334 e. The van der Waals surface area contributed by atoms with Crippen molar-refractivity contribution in [3.8, 4) is 0 Å². The van der Waals surface area contributed by atoms with Gasteiger partial charge in [0.15, 0.2) is 0 Å². The van der Waals surface area contributed by atoms with E-state index in [1.165, 1.54) is 5.56 Å². The van der Waals surface area contributed by atoms with Crippen LogP contribution in [0.4, 0.5) is 0 Å². The topological polar surface area (TPSA) is 45.2 Å². The van der Waals surface area contributed by atoms with Gasteiger partial charge in [-0.25, -0.2) is 0 Å². The van der Waals surface area contributed by atoms with Crippen molar-refractivity contribution in [1.82, 2.24) is 15.2 Å². The first-order valence-corrected chi connectivity index (χ1v) is 7.73. The van der Waals surface area contributed by atoms with Crippen LogP contribution in [0.2, 0.25) is 0 Å². The van der Waals surface area contributed by atoms with Crippen molar-refractivity contribution in [1.29, 1.82) is 0 Å². The Morgan fingerprint density at radius 2 is 2.45 bits per heavy atom. The lowest BCUT2D eigenvalue weighted by Crippen LogP contribution is -2.54. The summed E-state index contributed by atoms with van der Waals surface area (Å²) in [4.78, 5) is 19.3. The molecule has 4 nitrogen and oxygen atoms in total. The van der Waals surface area contributed by atoms with Gasteiger partial charge in [-0.2, -0.15) is 0 Å². The molecule has 0 aromatic carbocycles. The molecular weight excluding hydrogens is 250 g/mol. The van der Waals surface area contributed by atoms with E-state index in [0.29, 0.717) is 5.91 Å². The molecule has 2 unspecified atom stereocenters. The summed E-state index contributed by atoms with van der Waals surface area (Å²) in [5, 5.41) is 3.46. The minimum Gasteiger partial charge on any atom is -0.334 e. The molecule has 0 radical (unpaired) electrons. The molecule has 3 rings (SSSR count). The molecule has 2 fully saturated rings. The van der Waals surface area contributed by atoms with Crippen molar-refractivity contribution in [3.05, 3.63) is 30.1 Å². The Kier molecular flexibility index (Phi) is 3.74. The van der Waals surface area contributed by atoms with Crippen LogP contribution in [0.3, 0.4) is 0 Å². The molecule has 4 heteroatoms. The van der Waals surface area contributed by atoms with Crippen molar-refractivity contribution in [3.63, 3.8) is 0 Å². The minimum absolute atomic E-state index is 0.210. The fourth-order valence-corrected chi connectivity index (χ4v) is 3.65. The van der Waals surface area contributed by atoms with Gasteiger partial charge in [-0.15, -0.1) is 0 Å². The van der Waals surface area contributed by atoms with Crippen LogP contribution < -0.4 is 5.32 Å². The third kappa shape index (κ3) is 2.22. The average molecular weight is 273 g/mol. The van der Waals surface area contributed by atoms with Crippen LogP contribution in [0.5, 0.6) is 0 Å². The van der Waals surface area contributed by atoms with E-state index in [0.717, 1.165) is 45.2 Å². The first-order chi connectivity index (χ1) is 9.77. The fourth-order valence-electron chi connectivity index (χ4n) is 3.65. The number of nitrogens with zero attached hydrogens (tertiary/aromatic N) is 2. The number of pyridine rings is 1. The lowest BCUT2D eigenvalue weighted by atomic mass is 9.91. The summed E-state index contributed by atoms with van der Waals surface area (Å²) in [5.41, 5.74) is 0.854. The van der Waals surface area contributed by atoms with Crippen LogP contribution in [-0.4, -0.2) is 34.4 Å². The third-order valence-corrected chi connectivity index (χ3v) is 4.84. The fraction of sp³-hybridized carbons (Fsp3) is 0.625. The van der Waals surface area contributed by atoms with Gasteiger partial charge in [0.05, 0.1) is 11.6 Å². The first-order valence-electron chi connectivity index (χ1n) is 7.73. The summed E-state index contributed by atoms with van der Waals surface area (Å²) < 4.78 is 0. The van der Waals surface area contributed by atoms with Crippen molar-refractivity contribution in [2.24, 2.45) is 0 Å². The Balaban J connectivity index is 1.83. The second-order valence-electron chi connectivity index (χ2n) is 5.91. The van der Waals surface area contributed by atoms with Gasteiger partial charge in [0.1, 0.15) is 0 Å². The number of carbonyl (C=O) groups excluding carboxylic acids is 1. The number of rotatable bonds is 3. The number of nitrogens with one attached hydrogen (secondary N) is 1. The molecular formula is C16H23N3O. The highest BCUT2D eigenvalue weighted by molar-refractivity contribution is 5.87. The Bertz CT molecular complexity index is 468. The van der Waals surface area contributed by atoms with Gasteiger partial charge in [-0.3, -0.25) is 9.78 Å². The number of amides is 1. The second kappa shape index (κ2) is 5.52. The monoisotopic (exact) mass is 273 g/mol. The molecule has 0 aliphatic carbocycles. The van der Waals surface area contributed by atoms with E-state index in [-0.39, 0.29) is 11.6 Å². The minimum atomic E-state index is -0.315. The highest BCUT2D eigenvalue weighted by Gasteiger charge is 2.44. The number of likely N-dealkylation sites (tertiary alicyclic amines) is 1. The molecule has 1 amide bonds. The van der Waals surface area contributed by atoms with Crippen molar-refractivity contribution >= 4 is 5.91 Å². The zero-order valence-electron chi connectivity index (χ0n) is 12.1. The van der Waals surface area contributed by atoms with Gasteiger partial charge in [0, 0.05) is 18.9 Å². The van der Waals surface area contributed by atoms with Gasteiger partial charge in [-0.1, -0.05) is 13.0 Å². The zero-order chi connectivity index (χ0) is 14.0. The summed E-state index contributed by atoms with van der Waals surface area (Å²) in [6, 6.07) is 4.26. The molecule has 0 spiro atoms. The van der Waals surface area contributed by atoms with Gasteiger partial charge in [-0.05, 0) is 50.3 Å². The molecule has 2 aliphatic rings. The number of carbonyl (C=O) groups is 1. The quantitative estimate of drug-likeness (QED) is 0.919. The summed E-state index contributed by atoms with van der Waals surface area (Å²) >= 11 is 0. The van der Waals surface area contributed by atoms with Gasteiger partial charge < -0.3 is 10.2 Å². The van der Waals surface area contributed by atoms with Crippen molar-refractivity contribution in [2.75, 3.05) is 13.1 Å². The van der Waals surface area contributed by atoms with Gasteiger partial charge in [0.2, 0.25) is 5.91 Å². The standard InChI is InChI=1S/C16H23N3O/c1-2-16(8-5-10-18-16)15(20)19-11-4-7-14(19)13-6-3-9-17-12-13/h3,6,9,12,14,18H,2,4-5,7-8,10-11H2,1H3. The molecule has 1 N–H and O–H groups in total. The third-order valence-electron chi connectivity index (χ3n) is 4.84. The Hall–Kier alpha value is -1.42. The molecule has 2 saturated heterocycles. The maximum absolute atomic E-state index is 13.0. The molecule has 20 heavy (non-hydrogen) atoms. The molecule has 2 atom stereocenters. The van der Waals surface area contributed by atoms with E-state index in [1.807, 2.05) is 12.3 Å². The Morgan fingerprint density at radius 3 is 3.10 bits per heavy atom. The lowest BCUT2D eigenvalue weighted by Gasteiger charge is -2.35. The van der Waals surface area contributed by atoms with E-state index in [9.17, 15) is 4.79 Å². The molecule has 1 aromatic rings. The first kappa shape index (κ1) is 13.6. The molecule has 0 bridgehead atoms. The van der Waals surface area contributed by atoms with Crippen LogP contribution in [0.15, 0.2) is 24.5 Å². The van der Waals surface area contributed by atoms with Crippen LogP contribution >= 0.6 is 0 Å². The lowest BCUT2D eigenvalue weighted by molar-refractivity contribution is -0.139. The van der Waals surface area contributed by atoms with Gasteiger partial charge in [0.25, 0.3) is 0 Å². The van der Waals surface area contributed by atoms with Crippen LogP contribution in [-0.2, 0) is 4.79 Å². The van der Waals surface area contributed by atoms with Crippen LogP contribution in [0.1, 0.15) is 50.6 Å². The molecule has 2 aliphatic heterocycles. The summed E-state index contributed by atoms with van der Waals surface area (Å²) in [5.74, 6) is 0.295. The van der Waals surface area contributed by atoms with E-state index in [1.54, 1.807) is 6.20 Å². The predicted molar refractivity (Wildman–Crippen MR) is 78.2 cm³/mol. The van der Waals surface area contributed by atoms with Crippen LogP contribution in [0, 0.1) is 0 Å². The Labute approximate surface area is 120 Å². The smallest absolute Gasteiger partial charge is 0.243 e. The SMILES string of the molecule is CCC1(C(=O)N2CCCC2c2cccnc2)CCCN1. The maximum atomic E-state index is 13.0. The van der Waals surface area contributed by atoms with Crippen molar-refractivity contribution < 1.29 is 4.79 Å². The number of aromatic nitrogens is 1. The molecule has 1 aromatic heterocycles. The second-order valence-corrected chi connectivity index (χ2v) is 5.91. The van der Waals surface area contributed by atoms with E-state index in [4.69, 9.17) is 0 Å². The normalized spacial score (nSPS) is 29.9. The summed E-state index contributed by atoms with van der Waals surface area (Å²) in [6.07, 6.45) is 8.78. The Morgan fingerprint density at radius 1 is 1.55 bits per heavy atom. The molecule has 108 valence electrons. The van der Waals surface area contributed by atoms with Crippen molar-refractivity contribution in [2.45, 2.75) is 50.6 Å². The summed E-state index contributed by atoms with van der Waals surface area (Å²) in [7, 11) is 0. The predicted octanol–water partition coefficient (Wildman–Crippen LogP) is 2.28. The van der Waals surface area contributed by atoms with E-state index in [2.05, 4.69) is 28.2 Å². The number of hydrogen-bond donors (Lipinski definition) is 1. The van der Waals surface area contributed by atoms with Gasteiger partial charge >= 0.3 is 0 Å².